The quantitative estimate of drug-likeness (QED) is 0.794. The van der Waals surface area contributed by atoms with E-state index >= 15 is 0 Å². The van der Waals surface area contributed by atoms with Crippen LogP contribution < -0.4 is 9.47 Å². The number of hydrogen-bond acceptors (Lipinski definition) is 5. The minimum atomic E-state index is -0.900. The second kappa shape index (κ2) is 4.71. The van der Waals surface area contributed by atoms with E-state index < -0.39 is 17.1 Å². The van der Waals surface area contributed by atoms with Crippen LogP contribution in [-0.2, 0) is 16.6 Å². The highest BCUT2D eigenvalue weighted by molar-refractivity contribution is 5.90. The minimum Gasteiger partial charge on any atom is -0.493 e. The van der Waals surface area contributed by atoms with Gasteiger partial charge in [0.15, 0.2) is 23.4 Å². The summed E-state index contributed by atoms with van der Waals surface area (Å²) in [7, 11) is 3.70. The maximum Gasteiger partial charge on any atom is 0.174 e. The second-order valence-electron chi connectivity index (χ2n) is 7.44. The molecule has 1 saturated carbocycles. The Balaban J connectivity index is 0.00000146. The Morgan fingerprint density at radius 1 is 1.38 bits per heavy atom. The second-order valence-corrected chi connectivity index (χ2v) is 7.44. The number of hydrogen-bond donors (Lipinski definition) is 1. The number of likely N-dealkylation sites (N-methyl/N-ethyl adjacent to an activating group) is 1. The van der Waals surface area contributed by atoms with Crippen molar-refractivity contribution in [2.24, 2.45) is 0 Å². The van der Waals surface area contributed by atoms with Crippen LogP contribution in [0.25, 0.3) is 0 Å². The van der Waals surface area contributed by atoms with E-state index in [2.05, 4.69) is 18.0 Å². The molecule has 0 radical (unpaired) electrons. The number of ether oxygens (including phenoxy) is 2. The molecule has 2 aliphatic carbocycles. The van der Waals surface area contributed by atoms with Crippen molar-refractivity contribution in [2.75, 3.05) is 20.7 Å². The molecule has 4 atom stereocenters. The van der Waals surface area contributed by atoms with Crippen molar-refractivity contribution in [1.29, 1.82) is 0 Å². The molecule has 24 heavy (non-hydrogen) atoms. The first-order chi connectivity index (χ1) is 11.0. The molecular formula is C18H23NO5. The summed E-state index contributed by atoms with van der Waals surface area (Å²) < 4.78 is 11.6. The molecule has 2 heterocycles. The van der Waals surface area contributed by atoms with E-state index in [0.29, 0.717) is 24.3 Å². The lowest BCUT2D eigenvalue weighted by atomic mass is 9.49. The van der Waals surface area contributed by atoms with Crippen LogP contribution in [0.4, 0.5) is 0 Å². The molecule has 2 fully saturated rings. The van der Waals surface area contributed by atoms with Crippen LogP contribution in [0.2, 0.25) is 0 Å². The fourth-order valence-electron chi connectivity index (χ4n) is 5.69. The summed E-state index contributed by atoms with van der Waals surface area (Å²) in [5.41, 5.74) is 0.737. The minimum absolute atomic E-state index is 0. The predicted molar refractivity (Wildman–Crippen MR) is 86.6 cm³/mol. The Hall–Kier alpha value is -1.63. The molecular weight excluding hydrogens is 310 g/mol. The Morgan fingerprint density at radius 2 is 2.17 bits per heavy atom. The zero-order valence-corrected chi connectivity index (χ0v) is 14.0. The molecule has 0 aromatic heterocycles. The van der Waals surface area contributed by atoms with Crippen LogP contribution in [0.3, 0.4) is 0 Å². The molecule has 3 N–H and O–H groups in total. The Labute approximate surface area is 140 Å². The summed E-state index contributed by atoms with van der Waals surface area (Å²) in [5, 5.41) is 11.7. The number of rotatable bonds is 1. The average Bonchev–Trinajstić information content (AvgIpc) is 2.90. The van der Waals surface area contributed by atoms with Crippen LogP contribution in [0.1, 0.15) is 30.4 Å². The van der Waals surface area contributed by atoms with Crippen LogP contribution >= 0.6 is 0 Å². The molecule has 1 saturated heterocycles. The highest BCUT2D eigenvalue weighted by Crippen LogP contribution is 2.64. The van der Waals surface area contributed by atoms with Gasteiger partial charge >= 0.3 is 0 Å². The van der Waals surface area contributed by atoms with Crippen LogP contribution in [-0.4, -0.2) is 59.7 Å². The van der Waals surface area contributed by atoms with E-state index in [-0.39, 0.29) is 17.3 Å². The fourth-order valence-corrected chi connectivity index (χ4v) is 5.69. The molecule has 0 unspecified atom stereocenters. The van der Waals surface area contributed by atoms with Gasteiger partial charge in [-0.05, 0) is 44.5 Å². The Kier molecular flexibility index (Phi) is 3.12. The molecule has 2 bridgehead atoms. The molecule has 0 amide bonds. The van der Waals surface area contributed by atoms with Crippen molar-refractivity contribution in [3.05, 3.63) is 23.3 Å². The van der Waals surface area contributed by atoms with Crippen molar-refractivity contribution in [3.8, 4) is 11.5 Å². The van der Waals surface area contributed by atoms with Gasteiger partial charge in [0.25, 0.3) is 0 Å². The van der Waals surface area contributed by atoms with Crippen molar-refractivity contribution in [1.82, 2.24) is 4.90 Å². The number of Topliss-reactive ketones (excluding diaryl/α,β-unsaturated/α-hetero) is 1. The topological polar surface area (TPSA) is 90.5 Å². The summed E-state index contributed by atoms with van der Waals surface area (Å²) in [6.45, 7) is 0.871. The Morgan fingerprint density at radius 3 is 2.92 bits per heavy atom. The molecule has 6 nitrogen and oxygen atoms in total. The van der Waals surface area contributed by atoms with E-state index in [0.717, 1.165) is 24.9 Å². The van der Waals surface area contributed by atoms with Gasteiger partial charge in [0.1, 0.15) is 0 Å². The van der Waals surface area contributed by atoms with Gasteiger partial charge in [0.05, 0.1) is 18.1 Å². The smallest absolute Gasteiger partial charge is 0.174 e. The number of piperidine rings is 1. The molecule has 1 spiro atoms. The number of methoxy groups -OCH3 is 1. The first-order valence-corrected chi connectivity index (χ1v) is 8.35. The summed E-state index contributed by atoms with van der Waals surface area (Å²) in [5.74, 6) is 1.47. The lowest BCUT2D eigenvalue weighted by molar-refractivity contribution is -0.185. The molecule has 5 rings (SSSR count). The zero-order valence-electron chi connectivity index (χ0n) is 14.0. The van der Waals surface area contributed by atoms with E-state index in [4.69, 9.17) is 9.47 Å². The van der Waals surface area contributed by atoms with Crippen molar-refractivity contribution in [2.45, 2.75) is 48.8 Å². The number of likely N-dealkylation sites (tertiary alicyclic amines) is 1. The summed E-state index contributed by atoms with van der Waals surface area (Å²) in [4.78, 5) is 14.9. The highest BCUT2D eigenvalue weighted by Gasteiger charge is 2.72. The highest BCUT2D eigenvalue weighted by atomic mass is 16.5. The molecule has 130 valence electrons. The third kappa shape index (κ3) is 1.46. The van der Waals surface area contributed by atoms with Gasteiger partial charge in [-0.15, -0.1) is 0 Å². The first-order valence-electron chi connectivity index (χ1n) is 8.35. The van der Waals surface area contributed by atoms with E-state index in [1.165, 1.54) is 5.56 Å². The lowest BCUT2D eigenvalue weighted by Crippen LogP contribution is -2.76. The van der Waals surface area contributed by atoms with E-state index in [9.17, 15) is 9.90 Å². The summed E-state index contributed by atoms with van der Waals surface area (Å²) in [6, 6.07) is 4.05. The van der Waals surface area contributed by atoms with Crippen LogP contribution in [0, 0.1) is 0 Å². The SMILES string of the molecule is COc1ccc2c3c1O[C@H]1C(=O)CC[C@@]4(O)[C@@H](C2)N(C)CC[C@]314.O. The van der Waals surface area contributed by atoms with Crippen molar-refractivity contribution < 1.29 is 24.9 Å². The average molecular weight is 333 g/mol. The Bertz CT molecular complexity index is 734. The molecule has 4 aliphatic rings. The normalized spacial score (nSPS) is 38.9. The van der Waals surface area contributed by atoms with Gasteiger partial charge in [-0.1, -0.05) is 6.07 Å². The molecule has 1 aromatic carbocycles. The van der Waals surface area contributed by atoms with Gasteiger partial charge in [0, 0.05) is 18.0 Å². The summed E-state index contributed by atoms with van der Waals surface area (Å²) >= 11 is 0. The first kappa shape index (κ1) is 15.9. The number of carbonyl (C=O) groups excluding carboxylic acids is 1. The van der Waals surface area contributed by atoms with E-state index in [1.54, 1.807) is 7.11 Å². The third-order valence-corrected chi connectivity index (χ3v) is 6.73. The van der Waals surface area contributed by atoms with Crippen LogP contribution in [0.5, 0.6) is 11.5 Å². The number of carbonyl (C=O) groups is 1. The van der Waals surface area contributed by atoms with Crippen molar-refractivity contribution >= 4 is 5.78 Å². The third-order valence-electron chi connectivity index (χ3n) is 6.73. The van der Waals surface area contributed by atoms with Crippen molar-refractivity contribution in [3.63, 3.8) is 0 Å². The van der Waals surface area contributed by atoms with Gasteiger partial charge in [0.2, 0.25) is 0 Å². The number of aliphatic hydroxyl groups is 1. The fraction of sp³-hybridized carbons (Fsp3) is 0.611. The molecule has 2 aliphatic heterocycles. The largest absolute Gasteiger partial charge is 0.493 e. The molecule has 1 aromatic rings. The van der Waals surface area contributed by atoms with Gasteiger partial charge < -0.3 is 25.0 Å². The predicted octanol–water partition coefficient (Wildman–Crippen LogP) is 0.223. The number of ketones is 1. The zero-order chi connectivity index (χ0) is 16.0. The number of nitrogens with zero attached hydrogens (tertiary/aromatic N) is 1. The standard InChI is InChI=1S/C18H21NO4.H2O/c1-19-8-7-17-14-10-3-4-12(22-2)15(14)23-16(17)11(20)5-6-18(17,21)13(19)9-10;/h3-4,13,16,21H,5-9H2,1-2H3;1H2/t13-,16+,17+,18-;/m1./s1. The lowest BCUT2D eigenvalue weighted by Gasteiger charge is -2.62. The maximum absolute atomic E-state index is 12.7. The molecule has 6 heteroatoms. The maximum atomic E-state index is 12.7. The number of benzene rings is 1. The van der Waals surface area contributed by atoms with Gasteiger partial charge in [-0.25, -0.2) is 0 Å². The van der Waals surface area contributed by atoms with Gasteiger partial charge in [-0.3, -0.25) is 4.79 Å². The summed E-state index contributed by atoms with van der Waals surface area (Å²) in [6.07, 6.45) is 1.89. The van der Waals surface area contributed by atoms with E-state index in [1.807, 2.05) is 6.07 Å². The van der Waals surface area contributed by atoms with Gasteiger partial charge in [-0.2, -0.15) is 0 Å². The van der Waals surface area contributed by atoms with Crippen LogP contribution in [0.15, 0.2) is 12.1 Å². The monoisotopic (exact) mass is 333 g/mol.